The van der Waals surface area contributed by atoms with Crippen LogP contribution in [0.2, 0.25) is 0 Å². The molecule has 9 heteroatoms. The molecule has 0 aliphatic heterocycles. The number of aromatic nitrogens is 4. The summed E-state index contributed by atoms with van der Waals surface area (Å²) in [6, 6.07) is 12.1. The molecular weight excluding hydrogens is 369 g/mol. The summed E-state index contributed by atoms with van der Waals surface area (Å²) in [5.41, 5.74) is 1.76. The second-order valence-corrected chi connectivity index (χ2v) is 7.95. The molecule has 2 aromatic heterocycles. The highest BCUT2D eigenvalue weighted by atomic mass is 32.2. The predicted octanol–water partition coefficient (Wildman–Crippen LogP) is 2.80. The van der Waals surface area contributed by atoms with E-state index in [1.165, 1.54) is 19.2 Å². The van der Waals surface area contributed by atoms with E-state index in [1.54, 1.807) is 6.07 Å². The van der Waals surface area contributed by atoms with Crippen molar-refractivity contribution in [2.24, 2.45) is 0 Å². The fourth-order valence-electron chi connectivity index (χ4n) is 2.95. The maximum atomic E-state index is 13.2. The van der Waals surface area contributed by atoms with Crippen molar-refractivity contribution >= 4 is 32.5 Å². The van der Waals surface area contributed by atoms with Gasteiger partial charge in [0.1, 0.15) is 11.6 Å². The first kappa shape index (κ1) is 17.3. The molecule has 2 aromatic carbocycles. The van der Waals surface area contributed by atoms with E-state index < -0.39 is 15.8 Å². The molecule has 0 saturated carbocycles. The first-order chi connectivity index (χ1) is 12.9. The normalized spacial score (nSPS) is 12.0. The Morgan fingerprint density at radius 2 is 1.78 bits per heavy atom. The molecule has 27 heavy (non-hydrogen) atoms. The van der Waals surface area contributed by atoms with Gasteiger partial charge in [0, 0.05) is 13.5 Å². The molecule has 0 N–H and O–H groups in total. The van der Waals surface area contributed by atoms with Crippen LogP contribution in [0.15, 0.2) is 53.4 Å². The molecule has 2 heterocycles. The van der Waals surface area contributed by atoms with E-state index in [1.807, 2.05) is 29.5 Å². The summed E-state index contributed by atoms with van der Waals surface area (Å²) in [4.78, 5) is 4.48. The maximum absolute atomic E-state index is 13.2. The number of hydrogen-bond donors (Lipinski definition) is 0. The lowest BCUT2D eigenvalue weighted by Crippen LogP contribution is -2.28. The van der Waals surface area contributed by atoms with E-state index in [4.69, 9.17) is 0 Å². The number of hydrogen-bond acceptors (Lipinski definition) is 5. The third-order valence-corrected chi connectivity index (χ3v) is 6.13. The van der Waals surface area contributed by atoms with Gasteiger partial charge in [-0.25, -0.2) is 22.1 Å². The molecule has 0 atom stereocenters. The average Bonchev–Trinajstić information content (AvgIpc) is 3.11. The van der Waals surface area contributed by atoms with Crippen molar-refractivity contribution in [3.63, 3.8) is 0 Å². The SMILES string of the molecule is CCc1nnc2c(N(C)S(=O)(=O)c3ccc(F)cc3)nc3ccccc3n12. The Hall–Kier alpha value is -3.07. The van der Waals surface area contributed by atoms with E-state index in [9.17, 15) is 12.8 Å². The minimum Gasteiger partial charge on any atom is -0.274 e. The third-order valence-electron chi connectivity index (χ3n) is 4.37. The summed E-state index contributed by atoms with van der Waals surface area (Å²) < 4.78 is 42.1. The quantitative estimate of drug-likeness (QED) is 0.540. The van der Waals surface area contributed by atoms with Gasteiger partial charge in [-0.1, -0.05) is 19.1 Å². The van der Waals surface area contributed by atoms with Crippen LogP contribution in [0.1, 0.15) is 12.7 Å². The highest BCUT2D eigenvalue weighted by molar-refractivity contribution is 7.92. The molecule has 0 unspecified atom stereocenters. The Kier molecular flexibility index (Phi) is 4.03. The zero-order chi connectivity index (χ0) is 19.2. The summed E-state index contributed by atoms with van der Waals surface area (Å²) in [5.74, 6) is 0.357. The molecule has 0 spiro atoms. The highest BCUT2D eigenvalue weighted by Gasteiger charge is 2.26. The van der Waals surface area contributed by atoms with E-state index >= 15 is 0 Å². The van der Waals surface area contributed by atoms with Crippen molar-refractivity contribution in [2.75, 3.05) is 11.4 Å². The van der Waals surface area contributed by atoms with Gasteiger partial charge in [0.05, 0.1) is 15.9 Å². The average molecular weight is 385 g/mol. The molecule has 0 aliphatic carbocycles. The lowest BCUT2D eigenvalue weighted by atomic mass is 10.3. The molecule has 0 bridgehead atoms. The van der Waals surface area contributed by atoms with Crippen LogP contribution in [0.4, 0.5) is 10.2 Å². The van der Waals surface area contributed by atoms with Gasteiger partial charge in [0.15, 0.2) is 5.82 Å². The van der Waals surface area contributed by atoms with Crippen LogP contribution in [0.25, 0.3) is 16.7 Å². The third kappa shape index (κ3) is 2.71. The number of fused-ring (bicyclic) bond motifs is 3. The van der Waals surface area contributed by atoms with Crippen molar-refractivity contribution in [1.82, 2.24) is 19.6 Å². The number of benzene rings is 2. The summed E-state index contributed by atoms with van der Waals surface area (Å²) in [6.07, 6.45) is 0.628. The monoisotopic (exact) mass is 385 g/mol. The lowest BCUT2D eigenvalue weighted by molar-refractivity contribution is 0.592. The van der Waals surface area contributed by atoms with Gasteiger partial charge in [-0.3, -0.25) is 4.40 Å². The minimum absolute atomic E-state index is 0.0326. The van der Waals surface area contributed by atoms with Crippen LogP contribution in [0, 0.1) is 5.82 Å². The topological polar surface area (TPSA) is 80.5 Å². The van der Waals surface area contributed by atoms with Crippen molar-refractivity contribution in [1.29, 1.82) is 0 Å². The Labute approximate surface area is 155 Å². The summed E-state index contributed by atoms with van der Waals surface area (Å²) in [5, 5.41) is 8.34. The van der Waals surface area contributed by atoms with Crippen molar-refractivity contribution in [3.05, 3.63) is 60.2 Å². The van der Waals surface area contributed by atoms with Crippen molar-refractivity contribution in [2.45, 2.75) is 18.2 Å². The van der Waals surface area contributed by atoms with Crippen LogP contribution in [-0.2, 0) is 16.4 Å². The van der Waals surface area contributed by atoms with Gasteiger partial charge in [-0.2, -0.15) is 0 Å². The molecule has 0 fully saturated rings. The number of halogens is 1. The van der Waals surface area contributed by atoms with E-state index in [-0.39, 0.29) is 10.7 Å². The smallest absolute Gasteiger partial charge is 0.265 e. The van der Waals surface area contributed by atoms with Crippen LogP contribution >= 0.6 is 0 Å². The van der Waals surface area contributed by atoms with Crippen molar-refractivity contribution < 1.29 is 12.8 Å². The second-order valence-electron chi connectivity index (χ2n) is 5.98. The molecule has 4 aromatic rings. The Bertz CT molecular complexity index is 1250. The standard InChI is InChI=1S/C18H16FN5O2S/c1-3-16-21-22-18-17(20-14-6-4-5-7-15(14)24(16)18)23(2)27(25,26)13-10-8-12(19)9-11-13/h4-11H,3H2,1-2H3. The fourth-order valence-corrected chi connectivity index (χ4v) is 4.09. The van der Waals surface area contributed by atoms with Gasteiger partial charge in [-0.15, -0.1) is 10.2 Å². The zero-order valence-electron chi connectivity index (χ0n) is 14.7. The summed E-state index contributed by atoms with van der Waals surface area (Å²) >= 11 is 0. The van der Waals surface area contributed by atoms with Gasteiger partial charge >= 0.3 is 0 Å². The first-order valence-electron chi connectivity index (χ1n) is 8.30. The number of nitrogens with zero attached hydrogens (tertiary/aromatic N) is 5. The number of rotatable bonds is 4. The molecule has 7 nitrogen and oxygen atoms in total. The first-order valence-corrected chi connectivity index (χ1v) is 9.74. The molecule has 0 radical (unpaired) electrons. The highest BCUT2D eigenvalue weighted by Crippen LogP contribution is 2.28. The Morgan fingerprint density at radius 1 is 1.07 bits per heavy atom. The Balaban J connectivity index is 1.97. The second kappa shape index (κ2) is 6.27. The van der Waals surface area contributed by atoms with E-state index in [0.29, 0.717) is 23.4 Å². The van der Waals surface area contributed by atoms with Crippen LogP contribution in [0.5, 0.6) is 0 Å². The molecule has 0 aliphatic rings. The van der Waals surface area contributed by atoms with Gasteiger partial charge in [0.2, 0.25) is 5.65 Å². The minimum atomic E-state index is -3.94. The number of aryl methyl sites for hydroxylation is 1. The number of para-hydroxylation sites is 2. The lowest BCUT2D eigenvalue weighted by Gasteiger charge is -2.19. The Morgan fingerprint density at radius 3 is 2.48 bits per heavy atom. The number of sulfonamides is 1. The van der Waals surface area contributed by atoms with Crippen LogP contribution in [0.3, 0.4) is 0 Å². The zero-order valence-corrected chi connectivity index (χ0v) is 15.5. The molecule has 4 rings (SSSR count). The summed E-state index contributed by atoms with van der Waals surface area (Å²) in [7, 11) is -2.54. The molecule has 0 saturated heterocycles. The van der Waals surface area contributed by atoms with Gasteiger partial charge in [-0.05, 0) is 36.4 Å². The van der Waals surface area contributed by atoms with Gasteiger partial charge < -0.3 is 0 Å². The maximum Gasteiger partial charge on any atom is 0.265 e. The largest absolute Gasteiger partial charge is 0.274 e. The van der Waals surface area contributed by atoms with Gasteiger partial charge in [0.25, 0.3) is 10.0 Å². The van der Waals surface area contributed by atoms with Crippen LogP contribution < -0.4 is 4.31 Å². The molecular formula is C18H16FN5O2S. The van der Waals surface area contributed by atoms with Crippen molar-refractivity contribution in [3.8, 4) is 0 Å². The summed E-state index contributed by atoms with van der Waals surface area (Å²) in [6.45, 7) is 1.95. The predicted molar refractivity (Wildman–Crippen MR) is 99.7 cm³/mol. The van der Waals surface area contributed by atoms with Crippen LogP contribution in [-0.4, -0.2) is 35.0 Å². The number of anilines is 1. The molecule has 0 amide bonds. The fraction of sp³-hybridized carbons (Fsp3) is 0.167. The van der Waals surface area contributed by atoms with E-state index in [2.05, 4.69) is 15.2 Å². The van der Waals surface area contributed by atoms with E-state index in [0.717, 1.165) is 22.0 Å². The molecule has 138 valence electrons.